The Morgan fingerprint density at radius 3 is 1.78 bits per heavy atom. The number of aliphatic hydroxyl groups excluding tert-OH is 1. The number of rotatable bonds is 10. The summed E-state index contributed by atoms with van der Waals surface area (Å²) in [4.78, 5) is 15.6. The highest BCUT2D eigenvalue weighted by Crippen LogP contribution is 2.44. The van der Waals surface area contributed by atoms with E-state index in [2.05, 4.69) is 73.6 Å². The minimum atomic E-state index is -1.82. The Balaban J connectivity index is 1.45. The third-order valence-corrected chi connectivity index (χ3v) is 9.68. The molecule has 1 heterocycles. The first-order valence-electron chi connectivity index (χ1n) is 17.1. The van der Waals surface area contributed by atoms with Crippen LogP contribution in [0.2, 0.25) is 19.6 Å². The van der Waals surface area contributed by atoms with Crippen molar-refractivity contribution in [1.29, 1.82) is 0 Å². The van der Waals surface area contributed by atoms with E-state index in [0.717, 1.165) is 27.8 Å². The van der Waals surface area contributed by atoms with Gasteiger partial charge in [-0.25, -0.2) is 4.79 Å². The van der Waals surface area contributed by atoms with Crippen molar-refractivity contribution in [3.63, 3.8) is 0 Å². The number of carbonyl (C=O) groups is 1. The average Bonchev–Trinajstić information content (AvgIpc) is 3.14. The van der Waals surface area contributed by atoms with E-state index in [-0.39, 0.29) is 12.5 Å². The van der Waals surface area contributed by atoms with Crippen molar-refractivity contribution in [1.82, 2.24) is 0 Å². The number of hydrogen-bond donors (Lipinski definition) is 1. The molecule has 6 heteroatoms. The normalized spacial score (nSPS) is 14.8. The highest BCUT2D eigenvalue weighted by Gasteiger charge is 2.40. The van der Waals surface area contributed by atoms with Gasteiger partial charge in [0.2, 0.25) is 0 Å². The van der Waals surface area contributed by atoms with Crippen LogP contribution in [0.1, 0.15) is 28.7 Å². The first-order chi connectivity index (χ1) is 24.3. The molecule has 6 rings (SSSR count). The molecule has 1 aliphatic rings. The molecule has 0 unspecified atom stereocenters. The van der Waals surface area contributed by atoms with E-state index in [1.54, 1.807) is 17.0 Å². The van der Waals surface area contributed by atoms with Gasteiger partial charge >= 0.3 is 6.09 Å². The van der Waals surface area contributed by atoms with Crippen LogP contribution in [0.5, 0.6) is 5.75 Å². The summed E-state index contributed by atoms with van der Waals surface area (Å²) in [7, 11) is -1.82. The summed E-state index contributed by atoms with van der Waals surface area (Å²) < 4.78 is 13.2. The number of hydrogen-bond acceptors (Lipinski definition) is 4. The Bertz CT molecular complexity index is 1870. The Morgan fingerprint density at radius 2 is 1.26 bits per heavy atom. The van der Waals surface area contributed by atoms with Crippen LogP contribution in [0.25, 0.3) is 5.57 Å². The van der Waals surface area contributed by atoms with Gasteiger partial charge in [0.15, 0.2) is 0 Å². The largest absolute Gasteiger partial charge is 0.421 e. The van der Waals surface area contributed by atoms with Crippen molar-refractivity contribution in [2.45, 2.75) is 37.7 Å². The fraction of sp³-hybridized carbons (Fsp3) is 0.205. The molecule has 1 N–H and O–H groups in total. The maximum atomic E-state index is 13.9. The SMILES string of the molecule is C[Si](C)(C)C#C[C@H]1C=C([C@H](CCO)COC(c2ccccc2)(c2ccccc2)c2ccccc2)c2ccccc2N1C(=O)Oc1ccccc1. The number of aliphatic hydroxyl groups is 1. The molecule has 0 bridgehead atoms. The topological polar surface area (TPSA) is 59.0 Å². The smallest absolute Gasteiger partial charge is 0.410 e. The van der Waals surface area contributed by atoms with E-state index in [1.807, 2.05) is 97.1 Å². The molecule has 0 fully saturated rings. The van der Waals surface area contributed by atoms with Crippen molar-refractivity contribution >= 4 is 25.4 Å². The van der Waals surface area contributed by atoms with Crippen molar-refractivity contribution in [3.8, 4) is 17.2 Å². The molecule has 0 saturated heterocycles. The molecule has 0 radical (unpaired) electrons. The minimum Gasteiger partial charge on any atom is -0.410 e. The predicted octanol–water partition coefficient (Wildman–Crippen LogP) is 9.35. The molecule has 1 aliphatic heterocycles. The molecule has 1 amide bonds. The Morgan fingerprint density at radius 1 is 0.760 bits per heavy atom. The van der Waals surface area contributed by atoms with Crippen LogP contribution in [-0.4, -0.2) is 38.5 Å². The number of carbonyl (C=O) groups excluding carboxylic acids is 1. The molecule has 0 spiro atoms. The third-order valence-electron chi connectivity index (χ3n) is 8.79. The Hall–Kier alpha value is -5.19. The van der Waals surface area contributed by atoms with Gasteiger partial charge in [-0.05, 0) is 53.0 Å². The predicted molar refractivity (Wildman–Crippen MR) is 205 cm³/mol. The molecular weight excluding hydrogens is 635 g/mol. The van der Waals surface area contributed by atoms with Crippen LogP contribution in [-0.2, 0) is 10.3 Å². The molecular formula is C44H43NO4Si. The summed E-state index contributed by atoms with van der Waals surface area (Å²) in [5.74, 6) is 3.70. The number of ether oxygens (including phenoxy) is 2. The minimum absolute atomic E-state index is 0.0342. The molecule has 0 aromatic heterocycles. The Labute approximate surface area is 296 Å². The van der Waals surface area contributed by atoms with E-state index < -0.39 is 25.8 Å². The molecule has 252 valence electrons. The van der Waals surface area contributed by atoms with Gasteiger partial charge in [0.05, 0.1) is 12.3 Å². The molecule has 0 saturated carbocycles. The third kappa shape index (κ3) is 7.66. The van der Waals surface area contributed by atoms with Gasteiger partial charge in [-0.15, -0.1) is 5.54 Å². The number of amides is 1. The highest BCUT2D eigenvalue weighted by atomic mass is 28.3. The zero-order valence-corrected chi connectivity index (χ0v) is 29.8. The quantitative estimate of drug-likeness (QED) is 0.0910. The molecule has 0 aliphatic carbocycles. The van der Waals surface area contributed by atoms with E-state index >= 15 is 0 Å². The summed E-state index contributed by atoms with van der Waals surface area (Å²) in [5.41, 5.74) is 8.17. The van der Waals surface area contributed by atoms with Gasteiger partial charge in [0.1, 0.15) is 25.5 Å². The van der Waals surface area contributed by atoms with Gasteiger partial charge in [0, 0.05) is 18.1 Å². The van der Waals surface area contributed by atoms with Gasteiger partial charge in [-0.2, -0.15) is 0 Å². The highest BCUT2D eigenvalue weighted by molar-refractivity contribution is 6.83. The van der Waals surface area contributed by atoms with Crippen LogP contribution < -0.4 is 9.64 Å². The fourth-order valence-corrected chi connectivity index (χ4v) is 7.07. The van der Waals surface area contributed by atoms with E-state index in [1.165, 1.54) is 0 Å². The molecule has 50 heavy (non-hydrogen) atoms. The lowest BCUT2D eigenvalue weighted by Gasteiger charge is -2.39. The van der Waals surface area contributed by atoms with Gasteiger partial charge in [0.25, 0.3) is 0 Å². The number of anilines is 1. The second-order valence-corrected chi connectivity index (χ2v) is 18.2. The van der Waals surface area contributed by atoms with Crippen molar-refractivity contribution in [2.75, 3.05) is 18.1 Å². The summed E-state index contributed by atoms with van der Waals surface area (Å²) in [6, 6.07) is 47.3. The first kappa shape index (κ1) is 34.7. The number of fused-ring (bicyclic) bond motifs is 1. The van der Waals surface area contributed by atoms with Crippen molar-refractivity contribution in [3.05, 3.63) is 174 Å². The van der Waals surface area contributed by atoms with Crippen LogP contribution >= 0.6 is 0 Å². The maximum Gasteiger partial charge on any atom is 0.421 e. The van der Waals surface area contributed by atoms with Crippen LogP contribution in [0, 0.1) is 17.4 Å². The van der Waals surface area contributed by atoms with Gasteiger partial charge in [-0.1, -0.05) is 153 Å². The second-order valence-electron chi connectivity index (χ2n) is 13.5. The van der Waals surface area contributed by atoms with E-state index in [9.17, 15) is 9.90 Å². The van der Waals surface area contributed by atoms with E-state index in [4.69, 9.17) is 9.47 Å². The lowest BCUT2D eigenvalue weighted by atomic mass is 9.79. The number of nitrogens with zero attached hydrogens (tertiary/aromatic N) is 1. The summed E-state index contributed by atoms with van der Waals surface area (Å²) >= 11 is 0. The standard InChI is InChI=1S/C44H43NO4Si/c1-50(2,3)31-29-38-32-41(40-26-16-17-27-42(40)45(38)43(47)49-39-24-14-7-15-25-39)34(28-30-46)33-48-44(35-18-8-4-9-19-35,36-20-10-5-11-21-36)37-22-12-6-13-23-37/h4-27,32,34,38,46H,28,30,33H2,1-3H3/t34-,38+/m1/s1. The number of para-hydroxylation sites is 2. The van der Waals surface area contributed by atoms with Crippen molar-refractivity contribution < 1.29 is 19.4 Å². The van der Waals surface area contributed by atoms with Crippen molar-refractivity contribution in [2.24, 2.45) is 5.92 Å². The summed E-state index contributed by atoms with van der Waals surface area (Å²) in [5, 5.41) is 10.5. The second kappa shape index (κ2) is 15.6. The van der Waals surface area contributed by atoms with Crippen LogP contribution in [0.15, 0.2) is 152 Å². The Kier molecular flexibility index (Phi) is 10.8. The lowest BCUT2D eigenvalue weighted by molar-refractivity contribution is -0.00240. The van der Waals surface area contributed by atoms with Gasteiger partial charge < -0.3 is 14.6 Å². The molecule has 5 aromatic rings. The fourth-order valence-electron chi connectivity index (χ4n) is 6.49. The molecule has 5 aromatic carbocycles. The zero-order chi connectivity index (χ0) is 35.0. The van der Waals surface area contributed by atoms with Gasteiger partial charge in [-0.3, -0.25) is 4.90 Å². The lowest BCUT2D eigenvalue weighted by Crippen LogP contribution is -2.44. The average molecular weight is 678 g/mol. The summed E-state index contributed by atoms with van der Waals surface area (Å²) in [6.07, 6.45) is 2.03. The monoisotopic (exact) mass is 677 g/mol. The molecule has 2 atom stereocenters. The van der Waals surface area contributed by atoms with Crippen LogP contribution in [0.4, 0.5) is 10.5 Å². The summed E-state index contributed by atoms with van der Waals surface area (Å²) in [6.45, 7) is 6.82. The van der Waals surface area contributed by atoms with Crippen LogP contribution in [0.3, 0.4) is 0 Å². The maximum absolute atomic E-state index is 13.9. The molecule has 5 nitrogen and oxygen atoms in total. The first-order valence-corrected chi connectivity index (χ1v) is 20.6. The number of benzene rings is 5. The van der Waals surface area contributed by atoms with E-state index in [0.29, 0.717) is 24.5 Å². The zero-order valence-electron chi connectivity index (χ0n) is 28.8.